The molecule has 1 aromatic carbocycles. The van der Waals surface area contributed by atoms with Crippen LogP contribution in [0.15, 0.2) is 42.7 Å². The lowest BCUT2D eigenvalue weighted by Crippen LogP contribution is -2.25. The van der Waals surface area contributed by atoms with Gasteiger partial charge < -0.3 is 5.32 Å². The molecular formula is C27H30N6O. The van der Waals surface area contributed by atoms with Gasteiger partial charge in [0, 0.05) is 46.2 Å². The zero-order valence-corrected chi connectivity index (χ0v) is 19.9. The summed E-state index contributed by atoms with van der Waals surface area (Å²) in [4.78, 5) is 17.0. The van der Waals surface area contributed by atoms with Crippen molar-refractivity contribution in [3.8, 4) is 11.3 Å². The van der Waals surface area contributed by atoms with Crippen molar-refractivity contribution < 1.29 is 4.79 Å². The van der Waals surface area contributed by atoms with E-state index in [1.807, 2.05) is 35.1 Å². The average molecular weight is 455 g/mol. The Hall–Kier alpha value is -3.48. The zero-order valence-electron chi connectivity index (χ0n) is 19.9. The van der Waals surface area contributed by atoms with E-state index in [2.05, 4.69) is 53.5 Å². The molecule has 174 valence electrons. The first-order valence-electron chi connectivity index (χ1n) is 12.2. The third kappa shape index (κ3) is 3.79. The van der Waals surface area contributed by atoms with Crippen LogP contribution in [0, 0.1) is 5.41 Å². The summed E-state index contributed by atoms with van der Waals surface area (Å²) < 4.78 is 2.00. The Labute approximate surface area is 199 Å². The summed E-state index contributed by atoms with van der Waals surface area (Å²) in [5, 5.41) is 16.7. The highest BCUT2D eigenvalue weighted by molar-refractivity contribution is 5.94. The van der Waals surface area contributed by atoms with E-state index in [9.17, 15) is 4.79 Å². The van der Waals surface area contributed by atoms with Gasteiger partial charge >= 0.3 is 0 Å². The van der Waals surface area contributed by atoms with E-state index >= 15 is 0 Å². The Morgan fingerprint density at radius 1 is 1.24 bits per heavy atom. The fraction of sp³-hybridized carbons (Fsp3) is 0.407. The Bertz CT molecular complexity index is 1380. The fourth-order valence-electron chi connectivity index (χ4n) is 5.15. The van der Waals surface area contributed by atoms with Crippen LogP contribution in [0.4, 0.5) is 0 Å². The summed E-state index contributed by atoms with van der Waals surface area (Å²) in [7, 11) is 0. The van der Waals surface area contributed by atoms with Crippen LogP contribution in [0.1, 0.15) is 73.3 Å². The standard InChI is InChI=1S/C27H30N6O/c1-4-23(16-5-7-17(8-6-16)26(34)29-20-9-10-20)33-15-19-11-18(14-28-25(19)32-33)24-21-12-27(2,3)13-22(21)30-31-24/h5-8,11,14-15,20,23H,4,9-10,12-13H2,1-3H3,(H,29,34)(H,30,31)/t23-/m1/s1. The zero-order chi connectivity index (χ0) is 23.4. The molecule has 2 N–H and O–H groups in total. The lowest BCUT2D eigenvalue weighted by atomic mass is 9.90. The number of carbonyl (C=O) groups excluding carboxylic acids is 1. The molecule has 34 heavy (non-hydrogen) atoms. The molecule has 0 spiro atoms. The van der Waals surface area contributed by atoms with Gasteiger partial charge in [0.25, 0.3) is 5.91 Å². The molecule has 0 saturated heterocycles. The van der Waals surface area contributed by atoms with E-state index in [0.29, 0.717) is 11.6 Å². The molecule has 4 aromatic rings. The lowest BCUT2D eigenvalue weighted by Gasteiger charge is -2.16. The molecule has 0 unspecified atom stereocenters. The minimum absolute atomic E-state index is 0.0110. The Morgan fingerprint density at radius 2 is 2.03 bits per heavy atom. The maximum absolute atomic E-state index is 12.3. The number of aromatic nitrogens is 5. The number of aromatic amines is 1. The van der Waals surface area contributed by atoms with Crippen LogP contribution < -0.4 is 5.32 Å². The summed E-state index contributed by atoms with van der Waals surface area (Å²) in [6.07, 6.45) is 9.08. The molecule has 0 bridgehead atoms. The topological polar surface area (TPSA) is 88.5 Å². The molecule has 0 aliphatic heterocycles. The van der Waals surface area contributed by atoms with Gasteiger partial charge in [-0.2, -0.15) is 10.2 Å². The predicted molar refractivity (Wildman–Crippen MR) is 132 cm³/mol. The van der Waals surface area contributed by atoms with Crippen molar-refractivity contribution >= 4 is 16.9 Å². The minimum atomic E-state index is 0.0110. The number of amides is 1. The van der Waals surface area contributed by atoms with Gasteiger partial charge in [-0.15, -0.1) is 0 Å². The van der Waals surface area contributed by atoms with Gasteiger partial charge in [-0.25, -0.2) is 4.98 Å². The first-order valence-corrected chi connectivity index (χ1v) is 12.2. The summed E-state index contributed by atoms with van der Waals surface area (Å²) in [5.41, 5.74) is 7.44. The van der Waals surface area contributed by atoms with Gasteiger partial charge in [0.05, 0.1) is 11.7 Å². The van der Waals surface area contributed by atoms with Crippen LogP contribution in [-0.4, -0.2) is 36.9 Å². The van der Waals surface area contributed by atoms with Gasteiger partial charge in [-0.3, -0.25) is 14.6 Å². The molecule has 3 aromatic heterocycles. The first-order chi connectivity index (χ1) is 16.4. The van der Waals surface area contributed by atoms with E-state index in [-0.39, 0.29) is 17.4 Å². The number of benzene rings is 1. The Morgan fingerprint density at radius 3 is 2.76 bits per heavy atom. The summed E-state index contributed by atoms with van der Waals surface area (Å²) in [5.74, 6) is 0.0110. The average Bonchev–Trinajstić information content (AvgIpc) is 3.27. The van der Waals surface area contributed by atoms with Crippen molar-refractivity contribution in [2.75, 3.05) is 0 Å². The molecule has 1 atom stereocenters. The smallest absolute Gasteiger partial charge is 0.251 e. The van der Waals surface area contributed by atoms with Gasteiger partial charge in [-0.05, 0) is 61.3 Å². The molecule has 1 saturated carbocycles. The number of pyridine rings is 1. The van der Waals surface area contributed by atoms with E-state index in [0.717, 1.165) is 60.0 Å². The number of carbonyl (C=O) groups is 1. The SMILES string of the molecule is CC[C@H](c1ccc(C(=O)NC2CC2)cc1)n1cc2cc(-c3n[nH]c4c3CC(C)(C)C4)cnc2n1. The number of hydrogen-bond acceptors (Lipinski definition) is 4. The first kappa shape index (κ1) is 21.1. The number of rotatable bonds is 6. The largest absolute Gasteiger partial charge is 0.349 e. The van der Waals surface area contributed by atoms with Crippen LogP contribution >= 0.6 is 0 Å². The highest BCUT2D eigenvalue weighted by atomic mass is 16.1. The second kappa shape index (κ2) is 7.79. The third-order valence-corrected chi connectivity index (χ3v) is 7.09. The monoisotopic (exact) mass is 454 g/mol. The van der Waals surface area contributed by atoms with E-state index < -0.39 is 0 Å². The third-order valence-electron chi connectivity index (χ3n) is 7.09. The Balaban J connectivity index is 1.28. The van der Waals surface area contributed by atoms with Crippen LogP contribution in [0.25, 0.3) is 22.3 Å². The van der Waals surface area contributed by atoms with Crippen molar-refractivity contribution in [2.45, 2.75) is 65.0 Å². The quantitative estimate of drug-likeness (QED) is 0.436. The summed E-state index contributed by atoms with van der Waals surface area (Å²) in [6.45, 7) is 6.75. The molecule has 2 aliphatic rings. The summed E-state index contributed by atoms with van der Waals surface area (Å²) in [6, 6.07) is 10.5. The predicted octanol–water partition coefficient (Wildman–Crippen LogP) is 4.84. The molecule has 0 radical (unpaired) electrons. The van der Waals surface area contributed by atoms with Crippen molar-refractivity contribution in [1.29, 1.82) is 0 Å². The summed E-state index contributed by atoms with van der Waals surface area (Å²) >= 11 is 0. The van der Waals surface area contributed by atoms with Gasteiger partial charge in [0.1, 0.15) is 0 Å². The molecule has 3 heterocycles. The Kier molecular flexibility index (Phi) is 4.83. The number of H-pyrrole nitrogens is 1. The second-order valence-corrected chi connectivity index (χ2v) is 10.6. The van der Waals surface area contributed by atoms with E-state index in [4.69, 9.17) is 5.10 Å². The molecule has 2 aliphatic carbocycles. The van der Waals surface area contributed by atoms with Gasteiger partial charge in [0.2, 0.25) is 0 Å². The number of nitrogens with zero attached hydrogens (tertiary/aromatic N) is 4. The van der Waals surface area contributed by atoms with Crippen molar-refractivity contribution in [3.05, 3.63) is 65.1 Å². The van der Waals surface area contributed by atoms with Crippen molar-refractivity contribution in [3.63, 3.8) is 0 Å². The van der Waals surface area contributed by atoms with Crippen LogP contribution in [0.5, 0.6) is 0 Å². The molecule has 1 fully saturated rings. The normalized spacial score (nSPS) is 17.6. The van der Waals surface area contributed by atoms with Crippen LogP contribution in [-0.2, 0) is 12.8 Å². The van der Waals surface area contributed by atoms with E-state index in [1.165, 1.54) is 11.3 Å². The van der Waals surface area contributed by atoms with Crippen molar-refractivity contribution in [2.24, 2.45) is 5.41 Å². The van der Waals surface area contributed by atoms with Crippen LogP contribution in [0.3, 0.4) is 0 Å². The molecule has 7 heteroatoms. The molecule has 7 nitrogen and oxygen atoms in total. The number of nitrogens with one attached hydrogen (secondary N) is 2. The maximum Gasteiger partial charge on any atom is 0.251 e. The van der Waals surface area contributed by atoms with Crippen LogP contribution in [0.2, 0.25) is 0 Å². The van der Waals surface area contributed by atoms with Crippen molar-refractivity contribution in [1.82, 2.24) is 30.3 Å². The van der Waals surface area contributed by atoms with Gasteiger partial charge in [0.15, 0.2) is 5.65 Å². The number of hydrogen-bond donors (Lipinski definition) is 2. The minimum Gasteiger partial charge on any atom is -0.349 e. The molecule has 1 amide bonds. The molecular weight excluding hydrogens is 424 g/mol. The lowest BCUT2D eigenvalue weighted by molar-refractivity contribution is 0.0951. The van der Waals surface area contributed by atoms with E-state index in [1.54, 1.807) is 0 Å². The van der Waals surface area contributed by atoms with Gasteiger partial charge in [-0.1, -0.05) is 32.9 Å². The second-order valence-electron chi connectivity index (χ2n) is 10.6. The highest BCUT2D eigenvalue weighted by Crippen LogP contribution is 2.40. The highest BCUT2D eigenvalue weighted by Gasteiger charge is 2.33. The fourth-order valence-corrected chi connectivity index (χ4v) is 5.15. The number of fused-ring (bicyclic) bond motifs is 2. The molecule has 6 rings (SSSR count). The maximum atomic E-state index is 12.3.